The molecule has 8 heteroatoms. The zero-order valence-corrected chi connectivity index (χ0v) is 16.0. The molecule has 0 radical (unpaired) electrons. The maximum absolute atomic E-state index is 13.0. The van der Waals surface area contributed by atoms with Crippen molar-refractivity contribution in [2.24, 2.45) is 5.92 Å². The number of anilines is 1. The molecule has 0 saturated carbocycles. The molecule has 4 rings (SSSR count). The van der Waals surface area contributed by atoms with Gasteiger partial charge in [-0.3, -0.25) is 14.2 Å². The smallest absolute Gasteiger partial charge is 0.254 e. The van der Waals surface area contributed by atoms with Gasteiger partial charge in [0, 0.05) is 62.5 Å². The van der Waals surface area contributed by atoms with Crippen LogP contribution >= 0.6 is 11.8 Å². The molecule has 142 valence electrons. The van der Waals surface area contributed by atoms with Crippen LogP contribution in [0.1, 0.15) is 0 Å². The van der Waals surface area contributed by atoms with Crippen LogP contribution in [-0.4, -0.2) is 59.4 Å². The second-order valence-corrected chi connectivity index (χ2v) is 7.69. The fourth-order valence-electron chi connectivity index (χ4n) is 3.55. The van der Waals surface area contributed by atoms with Crippen LogP contribution in [0.25, 0.3) is 0 Å². The van der Waals surface area contributed by atoms with Gasteiger partial charge in [0.05, 0.1) is 13.0 Å². The molecule has 1 fully saturated rings. The molecule has 2 aliphatic heterocycles. The quantitative estimate of drug-likeness (QED) is 0.742. The standard InChI is InChI=1S/C19H22N4O3S/c1-26-16-4-2-3-15(11-16)21-7-9-22(10-8-21)18(25)14-12-23-17(24)5-6-20-19(23)27-13-14/h2-6,11,14H,7-10,12-13H2,1H3. The number of hydrogen-bond acceptors (Lipinski definition) is 6. The lowest BCUT2D eigenvalue weighted by Gasteiger charge is -2.38. The maximum Gasteiger partial charge on any atom is 0.254 e. The third kappa shape index (κ3) is 3.66. The van der Waals surface area contributed by atoms with Gasteiger partial charge in [0.15, 0.2) is 5.16 Å². The molecule has 1 amide bonds. The van der Waals surface area contributed by atoms with E-state index in [0.29, 0.717) is 30.5 Å². The van der Waals surface area contributed by atoms with E-state index >= 15 is 0 Å². The van der Waals surface area contributed by atoms with Crippen LogP contribution in [0.4, 0.5) is 5.69 Å². The molecule has 7 nitrogen and oxygen atoms in total. The Labute approximate surface area is 161 Å². The summed E-state index contributed by atoms with van der Waals surface area (Å²) >= 11 is 1.48. The van der Waals surface area contributed by atoms with Crippen LogP contribution in [0.15, 0.2) is 46.5 Å². The predicted molar refractivity (Wildman–Crippen MR) is 104 cm³/mol. The fourth-order valence-corrected chi connectivity index (χ4v) is 4.60. The molecular formula is C19H22N4O3S. The summed E-state index contributed by atoms with van der Waals surface area (Å²) in [6, 6.07) is 9.44. The van der Waals surface area contributed by atoms with Gasteiger partial charge >= 0.3 is 0 Å². The summed E-state index contributed by atoms with van der Waals surface area (Å²) in [5.41, 5.74) is 1.02. The first kappa shape index (κ1) is 17.9. The Bertz CT molecular complexity index is 893. The van der Waals surface area contributed by atoms with E-state index in [2.05, 4.69) is 16.0 Å². The number of hydrogen-bond donors (Lipinski definition) is 0. The van der Waals surface area contributed by atoms with Crippen LogP contribution in [0.5, 0.6) is 5.75 Å². The molecule has 1 aromatic heterocycles. The summed E-state index contributed by atoms with van der Waals surface area (Å²) in [5.74, 6) is 1.47. The summed E-state index contributed by atoms with van der Waals surface area (Å²) in [6.45, 7) is 3.37. The zero-order chi connectivity index (χ0) is 18.8. The largest absolute Gasteiger partial charge is 0.497 e. The second-order valence-electron chi connectivity index (χ2n) is 6.70. The van der Waals surface area contributed by atoms with Gasteiger partial charge in [-0.1, -0.05) is 17.8 Å². The van der Waals surface area contributed by atoms with Gasteiger partial charge < -0.3 is 14.5 Å². The number of methoxy groups -OCH3 is 1. The van der Waals surface area contributed by atoms with Crippen molar-refractivity contribution in [2.75, 3.05) is 43.9 Å². The number of amides is 1. The van der Waals surface area contributed by atoms with Gasteiger partial charge in [-0.15, -0.1) is 0 Å². The monoisotopic (exact) mass is 386 g/mol. The van der Waals surface area contributed by atoms with Crippen molar-refractivity contribution in [1.29, 1.82) is 0 Å². The normalized spacial score (nSPS) is 19.5. The first-order chi connectivity index (χ1) is 13.2. The average Bonchev–Trinajstić information content (AvgIpc) is 2.73. The molecule has 2 aliphatic rings. The van der Waals surface area contributed by atoms with Gasteiger partial charge in [-0.25, -0.2) is 4.98 Å². The Kier molecular flexibility index (Phi) is 5.07. The minimum absolute atomic E-state index is 0.0900. The van der Waals surface area contributed by atoms with Crippen LogP contribution in [-0.2, 0) is 11.3 Å². The first-order valence-corrected chi connectivity index (χ1v) is 10.0. The van der Waals surface area contributed by atoms with Crippen molar-refractivity contribution in [1.82, 2.24) is 14.5 Å². The number of aromatic nitrogens is 2. The number of nitrogens with zero attached hydrogens (tertiary/aromatic N) is 4. The summed E-state index contributed by atoms with van der Waals surface area (Å²) in [6.07, 6.45) is 1.53. The van der Waals surface area contributed by atoms with E-state index in [-0.39, 0.29) is 17.4 Å². The Hall–Kier alpha value is -2.48. The summed E-state index contributed by atoms with van der Waals surface area (Å²) in [5, 5.41) is 0.703. The molecule has 0 N–H and O–H groups in total. The molecule has 0 bridgehead atoms. The first-order valence-electron chi connectivity index (χ1n) is 9.02. The number of piperazine rings is 1. The highest BCUT2D eigenvalue weighted by Gasteiger charge is 2.31. The summed E-state index contributed by atoms with van der Waals surface area (Å²) in [7, 11) is 1.66. The fraction of sp³-hybridized carbons (Fsp3) is 0.421. The Morgan fingerprint density at radius 3 is 2.81 bits per heavy atom. The molecule has 0 aliphatic carbocycles. The SMILES string of the molecule is COc1cccc(N2CCN(C(=O)C3CSc4nccc(=O)n4C3)CC2)c1. The van der Waals surface area contributed by atoms with Crippen LogP contribution in [0.3, 0.4) is 0 Å². The lowest BCUT2D eigenvalue weighted by Crippen LogP contribution is -2.52. The van der Waals surface area contributed by atoms with Gasteiger partial charge in [0.2, 0.25) is 5.91 Å². The number of benzene rings is 1. The molecular weight excluding hydrogens is 364 g/mol. The lowest BCUT2D eigenvalue weighted by atomic mass is 10.1. The zero-order valence-electron chi connectivity index (χ0n) is 15.2. The molecule has 1 saturated heterocycles. The van der Waals surface area contributed by atoms with Crippen molar-refractivity contribution in [3.63, 3.8) is 0 Å². The average molecular weight is 386 g/mol. The molecule has 2 aromatic rings. The highest BCUT2D eigenvalue weighted by molar-refractivity contribution is 7.99. The van der Waals surface area contributed by atoms with Gasteiger partial charge in [-0.2, -0.15) is 0 Å². The highest BCUT2D eigenvalue weighted by Crippen LogP contribution is 2.27. The van der Waals surface area contributed by atoms with Crippen LogP contribution in [0, 0.1) is 5.92 Å². The highest BCUT2D eigenvalue weighted by atomic mass is 32.2. The second kappa shape index (κ2) is 7.64. The molecule has 0 spiro atoms. The Morgan fingerprint density at radius 2 is 2.04 bits per heavy atom. The number of thioether (sulfide) groups is 1. The number of carbonyl (C=O) groups is 1. The van der Waals surface area contributed by atoms with Gasteiger partial charge in [-0.05, 0) is 12.1 Å². The van der Waals surface area contributed by atoms with E-state index < -0.39 is 0 Å². The van der Waals surface area contributed by atoms with Crippen molar-refractivity contribution in [3.05, 3.63) is 46.9 Å². The molecule has 1 atom stereocenters. The van der Waals surface area contributed by atoms with E-state index in [9.17, 15) is 9.59 Å². The third-order valence-electron chi connectivity index (χ3n) is 5.07. The minimum Gasteiger partial charge on any atom is -0.497 e. The number of carbonyl (C=O) groups excluding carboxylic acids is 1. The van der Waals surface area contributed by atoms with Crippen LogP contribution in [0.2, 0.25) is 0 Å². The van der Waals surface area contributed by atoms with Crippen molar-refractivity contribution >= 4 is 23.4 Å². The summed E-state index contributed by atoms with van der Waals surface area (Å²) in [4.78, 5) is 33.4. The molecule has 3 heterocycles. The van der Waals surface area contributed by atoms with E-state index in [1.54, 1.807) is 11.7 Å². The molecule has 1 unspecified atom stereocenters. The number of rotatable bonds is 3. The Morgan fingerprint density at radius 1 is 1.22 bits per heavy atom. The summed E-state index contributed by atoms with van der Waals surface area (Å²) < 4.78 is 6.91. The van der Waals surface area contributed by atoms with E-state index in [1.165, 1.54) is 24.0 Å². The lowest BCUT2D eigenvalue weighted by molar-refractivity contribution is -0.135. The Balaban J connectivity index is 1.39. The van der Waals surface area contributed by atoms with Crippen molar-refractivity contribution < 1.29 is 9.53 Å². The van der Waals surface area contributed by atoms with Crippen LogP contribution < -0.4 is 15.2 Å². The van der Waals surface area contributed by atoms with Gasteiger partial charge in [0.1, 0.15) is 5.75 Å². The predicted octanol–water partition coefficient (Wildman–Crippen LogP) is 1.32. The molecule has 1 aromatic carbocycles. The van der Waals surface area contributed by atoms with E-state index in [0.717, 1.165) is 24.5 Å². The topological polar surface area (TPSA) is 67.7 Å². The van der Waals surface area contributed by atoms with E-state index in [4.69, 9.17) is 4.74 Å². The third-order valence-corrected chi connectivity index (χ3v) is 6.23. The number of ether oxygens (including phenoxy) is 1. The number of fused-ring (bicyclic) bond motifs is 1. The van der Waals surface area contributed by atoms with Gasteiger partial charge in [0.25, 0.3) is 5.56 Å². The van der Waals surface area contributed by atoms with E-state index in [1.807, 2.05) is 23.1 Å². The maximum atomic E-state index is 13.0. The van der Waals surface area contributed by atoms with Crippen molar-refractivity contribution in [3.8, 4) is 5.75 Å². The minimum atomic E-state index is -0.173. The van der Waals surface area contributed by atoms with Crippen molar-refractivity contribution in [2.45, 2.75) is 11.7 Å². The molecule has 27 heavy (non-hydrogen) atoms.